The Morgan fingerprint density at radius 1 is 1.26 bits per heavy atom. The summed E-state index contributed by atoms with van der Waals surface area (Å²) in [6, 6.07) is 1.67. The SMILES string of the molecule is Cc1cc(NC(=O)CN2CCN(C(=O)/C=C/c3c(C)nn(CC(C)C)c3Cl)CC2)no1. The molecule has 0 unspecified atom stereocenters. The molecule has 2 aromatic heterocycles. The Labute approximate surface area is 187 Å². The van der Waals surface area contributed by atoms with Crippen LogP contribution in [0, 0.1) is 19.8 Å². The van der Waals surface area contributed by atoms with Gasteiger partial charge in [0.2, 0.25) is 11.8 Å². The van der Waals surface area contributed by atoms with Crippen LogP contribution in [0.3, 0.4) is 0 Å². The fraction of sp³-hybridized carbons (Fsp3) is 0.524. The van der Waals surface area contributed by atoms with Crippen molar-refractivity contribution in [2.24, 2.45) is 5.92 Å². The molecule has 1 aliphatic rings. The molecule has 3 rings (SSSR count). The summed E-state index contributed by atoms with van der Waals surface area (Å²) in [5.74, 6) is 1.24. The molecule has 1 N–H and O–H groups in total. The van der Waals surface area contributed by atoms with Gasteiger partial charge < -0.3 is 14.7 Å². The molecule has 0 bridgehead atoms. The van der Waals surface area contributed by atoms with Gasteiger partial charge in [-0.25, -0.2) is 0 Å². The molecule has 0 saturated carbocycles. The lowest BCUT2D eigenvalue weighted by atomic mass is 10.2. The molecule has 3 heterocycles. The molecule has 0 aliphatic carbocycles. The summed E-state index contributed by atoms with van der Waals surface area (Å²) >= 11 is 6.44. The minimum atomic E-state index is -0.156. The summed E-state index contributed by atoms with van der Waals surface area (Å²) in [6.45, 7) is 11.2. The second kappa shape index (κ2) is 10.1. The van der Waals surface area contributed by atoms with Gasteiger partial charge in [0.05, 0.1) is 12.2 Å². The number of carbonyl (C=O) groups excluding carboxylic acids is 2. The van der Waals surface area contributed by atoms with Gasteiger partial charge >= 0.3 is 0 Å². The van der Waals surface area contributed by atoms with E-state index in [1.165, 1.54) is 0 Å². The number of halogens is 1. The summed E-state index contributed by atoms with van der Waals surface area (Å²) in [5.41, 5.74) is 1.57. The summed E-state index contributed by atoms with van der Waals surface area (Å²) in [7, 11) is 0. The third-order valence-electron chi connectivity index (χ3n) is 4.99. The molecule has 10 heteroatoms. The van der Waals surface area contributed by atoms with Crippen LogP contribution in [0.4, 0.5) is 5.82 Å². The van der Waals surface area contributed by atoms with Crippen LogP contribution in [-0.4, -0.2) is 69.3 Å². The maximum absolute atomic E-state index is 12.6. The van der Waals surface area contributed by atoms with Gasteiger partial charge in [-0.15, -0.1) is 0 Å². The van der Waals surface area contributed by atoms with E-state index in [9.17, 15) is 9.59 Å². The Hall–Kier alpha value is -2.65. The van der Waals surface area contributed by atoms with Crippen LogP contribution in [0.2, 0.25) is 5.15 Å². The first-order chi connectivity index (χ1) is 14.7. The largest absolute Gasteiger partial charge is 0.360 e. The van der Waals surface area contributed by atoms with Gasteiger partial charge in [0.1, 0.15) is 10.9 Å². The highest BCUT2D eigenvalue weighted by Gasteiger charge is 2.22. The van der Waals surface area contributed by atoms with Crippen molar-refractivity contribution in [3.05, 3.63) is 34.3 Å². The van der Waals surface area contributed by atoms with Crippen LogP contribution in [0.15, 0.2) is 16.7 Å². The summed E-state index contributed by atoms with van der Waals surface area (Å²) < 4.78 is 6.71. The lowest BCUT2D eigenvalue weighted by molar-refractivity contribution is -0.127. The number of anilines is 1. The Balaban J connectivity index is 1.49. The number of aromatic nitrogens is 3. The maximum atomic E-state index is 12.6. The van der Waals surface area contributed by atoms with Crippen molar-refractivity contribution < 1.29 is 14.1 Å². The van der Waals surface area contributed by atoms with E-state index in [1.54, 1.807) is 34.7 Å². The van der Waals surface area contributed by atoms with E-state index in [0.717, 1.165) is 17.8 Å². The number of hydrogen-bond donors (Lipinski definition) is 1. The fourth-order valence-electron chi connectivity index (χ4n) is 3.42. The molecule has 1 aliphatic heterocycles. The van der Waals surface area contributed by atoms with Crippen molar-refractivity contribution in [2.45, 2.75) is 34.2 Å². The van der Waals surface area contributed by atoms with E-state index in [1.807, 2.05) is 11.8 Å². The Kier molecular flexibility index (Phi) is 7.50. The summed E-state index contributed by atoms with van der Waals surface area (Å²) in [5, 5.41) is 11.5. The molecule has 0 atom stereocenters. The first-order valence-corrected chi connectivity index (χ1v) is 10.8. The molecule has 0 spiro atoms. The van der Waals surface area contributed by atoms with Gasteiger partial charge in [-0.3, -0.25) is 19.2 Å². The molecule has 0 radical (unpaired) electrons. The smallest absolute Gasteiger partial charge is 0.246 e. The van der Waals surface area contributed by atoms with Crippen LogP contribution in [-0.2, 0) is 16.1 Å². The zero-order valence-electron chi connectivity index (χ0n) is 18.4. The van der Waals surface area contributed by atoms with Crippen molar-refractivity contribution >= 4 is 35.3 Å². The van der Waals surface area contributed by atoms with E-state index >= 15 is 0 Å². The van der Waals surface area contributed by atoms with E-state index in [-0.39, 0.29) is 18.4 Å². The van der Waals surface area contributed by atoms with Gasteiger partial charge in [-0.1, -0.05) is 30.6 Å². The molecule has 2 aromatic rings. The molecule has 0 aromatic carbocycles. The minimum absolute atomic E-state index is 0.0748. The van der Waals surface area contributed by atoms with Crippen LogP contribution in [0.1, 0.15) is 30.9 Å². The lowest BCUT2D eigenvalue weighted by Crippen LogP contribution is -2.50. The van der Waals surface area contributed by atoms with Crippen LogP contribution in [0.25, 0.3) is 6.08 Å². The van der Waals surface area contributed by atoms with E-state index in [4.69, 9.17) is 16.1 Å². The topological polar surface area (TPSA) is 96.5 Å². The number of hydrogen-bond acceptors (Lipinski definition) is 6. The molecular formula is C21H29ClN6O3. The van der Waals surface area contributed by atoms with Crippen LogP contribution >= 0.6 is 11.6 Å². The number of carbonyl (C=O) groups is 2. The van der Waals surface area contributed by atoms with Gasteiger partial charge in [0, 0.05) is 50.4 Å². The number of rotatable bonds is 7. The van der Waals surface area contributed by atoms with Gasteiger partial charge in [-0.2, -0.15) is 5.10 Å². The van der Waals surface area contributed by atoms with Gasteiger partial charge in [-0.05, 0) is 25.8 Å². The summed E-state index contributed by atoms with van der Waals surface area (Å²) in [6.07, 6.45) is 3.29. The average Bonchev–Trinajstić information content (AvgIpc) is 3.22. The zero-order chi connectivity index (χ0) is 22.5. The number of amides is 2. The van der Waals surface area contributed by atoms with Crippen molar-refractivity contribution in [3.63, 3.8) is 0 Å². The molecule has 168 valence electrons. The lowest BCUT2D eigenvalue weighted by Gasteiger charge is -2.33. The number of aryl methyl sites for hydroxylation is 2. The van der Waals surface area contributed by atoms with Crippen molar-refractivity contribution in [3.8, 4) is 0 Å². The molecular weight excluding hydrogens is 420 g/mol. The van der Waals surface area contributed by atoms with Gasteiger partial charge in [0.15, 0.2) is 5.82 Å². The molecule has 31 heavy (non-hydrogen) atoms. The third kappa shape index (κ3) is 6.18. The number of nitrogens with zero attached hydrogens (tertiary/aromatic N) is 5. The molecule has 9 nitrogen and oxygen atoms in total. The summed E-state index contributed by atoms with van der Waals surface area (Å²) in [4.78, 5) is 28.5. The second-order valence-electron chi connectivity index (χ2n) is 8.17. The molecule has 2 amide bonds. The predicted molar refractivity (Wildman–Crippen MR) is 119 cm³/mol. The Morgan fingerprint density at radius 2 is 1.97 bits per heavy atom. The molecule has 1 fully saturated rings. The standard InChI is InChI=1S/C21H29ClN6O3/c1-14(2)12-28-21(22)17(16(4)24-28)5-6-20(30)27-9-7-26(8-10-27)13-19(29)23-18-11-15(3)31-25-18/h5-6,11,14H,7-10,12-13H2,1-4H3,(H,23,25,29)/b6-5+. The zero-order valence-corrected chi connectivity index (χ0v) is 19.1. The average molecular weight is 449 g/mol. The minimum Gasteiger partial charge on any atom is -0.360 e. The van der Waals surface area contributed by atoms with E-state index < -0.39 is 0 Å². The Morgan fingerprint density at radius 3 is 2.58 bits per heavy atom. The van der Waals surface area contributed by atoms with E-state index in [2.05, 4.69) is 29.4 Å². The number of piperazine rings is 1. The number of nitrogens with one attached hydrogen (secondary N) is 1. The highest BCUT2D eigenvalue weighted by molar-refractivity contribution is 6.31. The van der Waals surface area contributed by atoms with Crippen LogP contribution in [0.5, 0.6) is 0 Å². The van der Waals surface area contributed by atoms with Crippen LogP contribution < -0.4 is 5.32 Å². The maximum Gasteiger partial charge on any atom is 0.246 e. The Bertz CT molecular complexity index is 956. The third-order valence-corrected chi connectivity index (χ3v) is 5.39. The first kappa shape index (κ1) is 23.0. The van der Waals surface area contributed by atoms with Crippen molar-refractivity contribution in [2.75, 3.05) is 38.0 Å². The highest BCUT2D eigenvalue weighted by Crippen LogP contribution is 2.22. The second-order valence-corrected chi connectivity index (χ2v) is 8.53. The van der Waals surface area contributed by atoms with Crippen molar-refractivity contribution in [1.82, 2.24) is 24.7 Å². The van der Waals surface area contributed by atoms with Gasteiger partial charge in [0.25, 0.3) is 0 Å². The predicted octanol–water partition coefficient (Wildman–Crippen LogP) is 2.59. The normalized spacial score (nSPS) is 15.2. The van der Waals surface area contributed by atoms with E-state index in [0.29, 0.717) is 48.8 Å². The quantitative estimate of drug-likeness (QED) is 0.654. The molecule has 1 saturated heterocycles. The monoisotopic (exact) mass is 448 g/mol. The van der Waals surface area contributed by atoms with Crippen molar-refractivity contribution in [1.29, 1.82) is 0 Å². The fourth-order valence-corrected chi connectivity index (χ4v) is 3.73. The first-order valence-electron chi connectivity index (χ1n) is 10.4. The highest BCUT2D eigenvalue weighted by atomic mass is 35.5.